The molecule has 0 saturated heterocycles. The molecule has 0 atom stereocenters. The monoisotopic (exact) mass is 251 g/mol. The summed E-state index contributed by atoms with van der Waals surface area (Å²) in [6.45, 7) is 0. The molecule has 0 N–H and O–H groups in total. The van der Waals surface area contributed by atoms with Crippen LogP contribution in [0.25, 0.3) is 0 Å². The van der Waals surface area contributed by atoms with Crippen LogP contribution >= 0.6 is 0 Å². The summed E-state index contributed by atoms with van der Waals surface area (Å²) in [6, 6.07) is 3.84. The van der Waals surface area contributed by atoms with Crippen molar-refractivity contribution in [3.05, 3.63) is 33.9 Å². The minimum atomic E-state index is -0.662. The minimum absolute atomic E-state index is 0.0600. The number of non-ortho nitro benzene ring substituents is 1. The summed E-state index contributed by atoms with van der Waals surface area (Å²) in [6.07, 6.45) is 1.49. The van der Waals surface area contributed by atoms with E-state index in [0.717, 1.165) is 6.07 Å². The number of aliphatic imine (C=N–C) groups is 1. The number of esters is 1. The van der Waals surface area contributed by atoms with Crippen LogP contribution in [-0.4, -0.2) is 43.3 Å². The van der Waals surface area contributed by atoms with Gasteiger partial charge >= 0.3 is 5.97 Å². The lowest BCUT2D eigenvalue weighted by molar-refractivity contribution is -0.384. The predicted molar refractivity (Wildman–Crippen MR) is 66.3 cm³/mol. The summed E-state index contributed by atoms with van der Waals surface area (Å²) in [5.41, 5.74) is 0.199. The molecular formula is C11H13N3O4. The Morgan fingerprint density at radius 3 is 2.67 bits per heavy atom. The van der Waals surface area contributed by atoms with Crippen LogP contribution in [0.2, 0.25) is 0 Å². The number of hydrogen-bond donors (Lipinski definition) is 0. The Balaban J connectivity index is 3.25. The molecule has 0 heterocycles. The first-order valence-corrected chi connectivity index (χ1v) is 5.03. The van der Waals surface area contributed by atoms with Gasteiger partial charge in [0.15, 0.2) is 0 Å². The topological polar surface area (TPSA) is 85.0 Å². The normalized spacial score (nSPS) is 10.4. The van der Waals surface area contributed by atoms with E-state index in [1.165, 1.54) is 25.6 Å². The van der Waals surface area contributed by atoms with Crippen molar-refractivity contribution in [2.75, 3.05) is 21.2 Å². The van der Waals surface area contributed by atoms with Crippen LogP contribution in [0.1, 0.15) is 10.4 Å². The van der Waals surface area contributed by atoms with Gasteiger partial charge in [-0.15, -0.1) is 0 Å². The first-order chi connectivity index (χ1) is 8.45. The maximum atomic E-state index is 11.5. The van der Waals surface area contributed by atoms with Gasteiger partial charge < -0.3 is 9.64 Å². The van der Waals surface area contributed by atoms with Crippen molar-refractivity contribution >= 4 is 23.7 Å². The van der Waals surface area contributed by atoms with Gasteiger partial charge in [0.1, 0.15) is 0 Å². The second-order valence-corrected chi connectivity index (χ2v) is 3.66. The Morgan fingerprint density at radius 1 is 1.50 bits per heavy atom. The first kappa shape index (κ1) is 13.6. The highest BCUT2D eigenvalue weighted by molar-refractivity contribution is 5.96. The minimum Gasteiger partial charge on any atom is -0.465 e. The van der Waals surface area contributed by atoms with Crippen LogP contribution < -0.4 is 0 Å². The van der Waals surface area contributed by atoms with E-state index in [4.69, 9.17) is 0 Å². The molecule has 0 aliphatic carbocycles. The average Bonchev–Trinajstić information content (AvgIpc) is 2.34. The summed E-state index contributed by atoms with van der Waals surface area (Å²) in [4.78, 5) is 27.3. The molecule has 0 spiro atoms. The summed E-state index contributed by atoms with van der Waals surface area (Å²) in [5.74, 6) is -0.662. The van der Waals surface area contributed by atoms with Gasteiger partial charge in [0.25, 0.3) is 5.69 Å². The number of nitro benzene ring substituents is 1. The highest BCUT2D eigenvalue weighted by Crippen LogP contribution is 2.25. The lowest BCUT2D eigenvalue weighted by Gasteiger charge is -2.06. The molecule has 1 aromatic carbocycles. The zero-order chi connectivity index (χ0) is 13.7. The molecule has 1 aromatic rings. The van der Waals surface area contributed by atoms with E-state index in [1.807, 2.05) is 0 Å². The Bertz CT molecular complexity index is 497. The zero-order valence-corrected chi connectivity index (χ0v) is 10.3. The highest BCUT2D eigenvalue weighted by atomic mass is 16.6. The van der Waals surface area contributed by atoms with Gasteiger partial charge in [0, 0.05) is 26.2 Å². The van der Waals surface area contributed by atoms with Crippen molar-refractivity contribution in [3.63, 3.8) is 0 Å². The third-order valence-electron chi connectivity index (χ3n) is 2.02. The number of carbonyl (C=O) groups is 1. The Morgan fingerprint density at radius 2 is 2.17 bits per heavy atom. The van der Waals surface area contributed by atoms with E-state index in [9.17, 15) is 14.9 Å². The van der Waals surface area contributed by atoms with Crippen molar-refractivity contribution in [2.24, 2.45) is 4.99 Å². The van der Waals surface area contributed by atoms with Crippen LogP contribution in [-0.2, 0) is 4.74 Å². The van der Waals surface area contributed by atoms with Crippen LogP contribution in [0.3, 0.4) is 0 Å². The van der Waals surface area contributed by atoms with Gasteiger partial charge in [0.05, 0.1) is 29.6 Å². The first-order valence-electron chi connectivity index (χ1n) is 5.03. The fourth-order valence-electron chi connectivity index (χ4n) is 1.20. The zero-order valence-electron chi connectivity index (χ0n) is 10.3. The molecule has 18 heavy (non-hydrogen) atoms. The number of hydrogen-bond acceptors (Lipinski definition) is 5. The summed E-state index contributed by atoms with van der Waals surface area (Å²) in [7, 11) is 4.75. The van der Waals surface area contributed by atoms with Crippen LogP contribution in [0.15, 0.2) is 23.2 Å². The Labute approximate surface area is 104 Å². The second-order valence-electron chi connectivity index (χ2n) is 3.66. The van der Waals surface area contributed by atoms with Gasteiger partial charge in [0.2, 0.25) is 0 Å². The van der Waals surface area contributed by atoms with E-state index >= 15 is 0 Å². The van der Waals surface area contributed by atoms with E-state index in [0.29, 0.717) is 5.69 Å². The van der Waals surface area contributed by atoms with Gasteiger partial charge in [-0.1, -0.05) is 0 Å². The van der Waals surface area contributed by atoms with E-state index in [-0.39, 0.29) is 11.3 Å². The standard InChI is InChI=1S/C11H13N3O4/c1-13(2)7-12-10-5-4-8(14(16)17)6-9(10)11(15)18-3/h4-7H,1-3H3. The largest absolute Gasteiger partial charge is 0.465 e. The molecule has 0 aromatic heterocycles. The number of carbonyl (C=O) groups excluding carboxylic acids is 1. The molecule has 0 aliphatic heterocycles. The number of nitro groups is 1. The fraction of sp³-hybridized carbons (Fsp3) is 0.273. The molecular weight excluding hydrogens is 238 g/mol. The molecule has 0 amide bonds. The molecule has 0 aliphatic rings. The van der Waals surface area contributed by atoms with Crippen LogP contribution in [0.4, 0.5) is 11.4 Å². The quantitative estimate of drug-likeness (QED) is 0.267. The van der Waals surface area contributed by atoms with Crippen LogP contribution in [0.5, 0.6) is 0 Å². The molecule has 7 heteroatoms. The molecule has 0 fully saturated rings. The lowest BCUT2D eigenvalue weighted by Crippen LogP contribution is -2.08. The SMILES string of the molecule is COC(=O)c1cc([N+](=O)[O-])ccc1N=CN(C)C. The third kappa shape index (κ3) is 3.27. The fourth-order valence-corrected chi connectivity index (χ4v) is 1.20. The highest BCUT2D eigenvalue weighted by Gasteiger charge is 2.16. The van der Waals surface area contributed by atoms with E-state index in [1.54, 1.807) is 19.0 Å². The summed E-state index contributed by atoms with van der Waals surface area (Å²) < 4.78 is 4.57. The van der Waals surface area contributed by atoms with Crippen molar-refractivity contribution < 1.29 is 14.5 Å². The number of methoxy groups -OCH3 is 1. The molecule has 0 radical (unpaired) electrons. The molecule has 7 nitrogen and oxygen atoms in total. The van der Waals surface area contributed by atoms with Crippen molar-refractivity contribution in [2.45, 2.75) is 0 Å². The van der Waals surface area contributed by atoms with E-state index < -0.39 is 10.9 Å². The lowest BCUT2D eigenvalue weighted by atomic mass is 10.1. The Kier molecular flexibility index (Phi) is 4.36. The van der Waals surface area contributed by atoms with Crippen molar-refractivity contribution in [3.8, 4) is 0 Å². The van der Waals surface area contributed by atoms with Crippen LogP contribution in [0, 0.1) is 10.1 Å². The number of ether oxygens (including phenoxy) is 1. The Hall–Kier alpha value is -2.44. The summed E-state index contributed by atoms with van der Waals surface area (Å²) >= 11 is 0. The molecule has 0 unspecified atom stereocenters. The summed E-state index contributed by atoms with van der Waals surface area (Å²) in [5, 5.41) is 10.6. The number of nitrogens with zero attached hydrogens (tertiary/aromatic N) is 3. The second kappa shape index (κ2) is 5.76. The predicted octanol–water partition coefficient (Wildman–Crippen LogP) is 1.60. The maximum Gasteiger partial charge on any atom is 0.340 e. The average molecular weight is 251 g/mol. The molecule has 1 rings (SSSR count). The van der Waals surface area contributed by atoms with Gasteiger partial charge in [-0.2, -0.15) is 0 Å². The number of benzene rings is 1. The van der Waals surface area contributed by atoms with Crippen molar-refractivity contribution in [1.82, 2.24) is 4.90 Å². The molecule has 96 valence electrons. The molecule has 0 saturated carbocycles. The maximum absolute atomic E-state index is 11.5. The number of rotatable bonds is 4. The van der Waals surface area contributed by atoms with Gasteiger partial charge in [-0.05, 0) is 6.07 Å². The van der Waals surface area contributed by atoms with Crippen molar-refractivity contribution in [1.29, 1.82) is 0 Å². The molecule has 0 bridgehead atoms. The smallest absolute Gasteiger partial charge is 0.340 e. The van der Waals surface area contributed by atoms with Gasteiger partial charge in [-0.3, -0.25) is 10.1 Å². The van der Waals surface area contributed by atoms with E-state index in [2.05, 4.69) is 9.73 Å². The van der Waals surface area contributed by atoms with Gasteiger partial charge in [-0.25, -0.2) is 9.79 Å². The third-order valence-corrected chi connectivity index (χ3v) is 2.02.